The number of halogens is 1. The van der Waals surface area contributed by atoms with Crippen molar-refractivity contribution in [3.05, 3.63) is 70.7 Å². The zero-order valence-electron chi connectivity index (χ0n) is 18.5. The van der Waals surface area contributed by atoms with Crippen molar-refractivity contribution in [2.24, 2.45) is 5.92 Å². The quantitative estimate of drug-likeness (QED) is 0.664. The molecule has 6 nitrogen and oxygen atoms in total. The monoisotopic (exact) mass is 455 g/mol. The Morgan fingerprint density at radius 2 is 1.62 bits per heavy atom. The molecule has 1 fully saturated rings. The molecule has 1 aliphatic heterocycles. The second kappa shape index (κ2) is 11.1. The number of rotatable bonds is 7. The molecule has 1 heterocycles. The van der Waals surface area contributed by atoms with Crippen molar-refractivity contribution in [1.29, 1.82) is 0 Å². The molecular formula is C25H30ClN3O3. The molecule has 0 saturated carbocycles. The van der Waals surface area contributed by atoms with Gasteiger partial charge in [-0.1, -0.05) is 48.9 Å². The van der Waals surface area contributed by atoms with Crippen LogP contribution < -0.4 is 10.6 Å². The number of nitrogens with one attached hydrogen (secondary N) is 2. The lowest BCUT2D eigenvalue weighted by molar-refractivity contribution is -0.125. The number of amides is 3. The highest BCUT2D eigenvalue weighted by atomic mass is 35.5. The molecule has 2 N–H and O–H groups in total. The van der Waals surface area contributed by atoms with Gasteiger partial charge in [-0.3, -0.25) is 14.4 Å². The SMILES string of the molecule is CCC(C)NC(=O)C(NC(=O)c1ccccc1Cl)C1CCN(C(=O)c2ccccc2)CC1. The van der Waals surface area contributed by atoms with Crippen molar-refractivity contribution in [2.75, 3.05) is 13.1 Å². The molecule has 1 aliphatic rings. The van der Waals surface area contributed by atoms with Crippen molar-refractivity contribution in [3.8, 4) is 0 Å². The Balaban J connectivity index is 1.71. The number of hydrogen-bond acceptors (Lipinski definition) is 3. The lowest BCUT2D eigenvalue weighted by Gasteiger charge is -2.36. The first-order chi connectivity index (χ1) is 15.4. The summed E-state index contributed by atoms with van der Waals surface area (Å²) in [5.41, 5.74) is 0.997. The molecule has 0 aliphatic carbocycles. The number of hydrogen-bond donors (Lipinski definition) is 2. The van der Waals surface area contributed by atoms with Crippen molar-refractivity contribution in [2.45, 2.75) is 45.2 Å². The fraction of sp³-hybridized carbons (Fsp3) is 0.400. The standard InChI is InChI=1S/C25H30ClN3O3/c1-3-17(2)27-24(31)22(28-23(30)20-11-7-8-12-21(20)26)18-13-15-29(16-14-18)25(32)19-9-5-4-6-10-19/h4-12,17-18,22H,3,13-16H2,1-2H3,(H,27,31)(H,28,30). The minimum Gasteiger partial charge on any atom is -0.352 e. The van der Waals surface area contributed by atoms with Gasteiger partial charge in [0.05, 0.1) is 10.6 Å². The molecule has 3 rings (SSSR count). The van der Waals surface area contributed by atoms with Gasteiger partial charge in [0.1, 0.15) is 6.04 Å². The van der Waals surface area contributed by atoms with Crippen LogP contribution in [0.3, 0.4) is 0 Å². The third-order valence-electron chi connectivity index (χ3n) is 6.01. The molecule has 1 saturated heterocycles. The first-order valence-electron chi connectivity index (χ1n) is 11.1. The van der Waals surface area contributed by atoms with Gasteiger partial charge < -0.3 is 15.5 Å². The van der Waals surface area contributed by atoms with Crippen LogP contribution in [0.1, 0.15) is 53.8 Å². The summed E-state index contributed by atoms with van der Waals surface area (Å²) < 4.78 is 0. The fourth-order valence-electron chi connectivity index (χ4n) is 3.90. The highest BCUT2D eigenvalue weighted by molar-refractivity contribution is 6.33. The van der Waals surface area contributed by atoms with E-state index < -0.39 is 6.04 Å². The Morgan fingerprint density at radius 3 is 2.25 bits per heavy atom. The summed E-state index contributed by atoms with van der Waals surface area (Å²) in [6, 6.07) is 15.3. The third kappa shape index (κ3) is 5.88. The molecular weight excluding hydrogens is 426 g/mol. The first-order valence-corrected chi connectivity index (χ1v) is 11.5. The molecule has 0 aromatic heterocycles. The highest BCUT2D eigenvalue weighted by Gasteiger charge is 2.34. The largest absolute Gasteiger partial charge is 0.352 e. The molecule has 2 aromatic rings. The summed E-state index contributed by atoms with van der Waals surface area (Å²) in [7, 11) is 0. The molecule has 32 heavy (non-hydrogen) atoms. The molecule has 2 atom stereocenters. The van der Waals surface area contributed by atoms with Crippen LogP contribution in [0.4, 0.5) is 0 Å². The molecule has 2 aromatic carbocycles. The topological polar surface area (TPSA) is 78.5 Å². The predicted octanol–water partition coefficient (Wildman–Crippen LogP) is 3.91. The number of likely N-dealkylation sites (tertiary alicyclic amines) is 1. The van der Waals surface area contributed by atoms with E-state index in [1.165, 1.54) is 0 Å². The van der Waals surface area contributed by atoms with Crippen molar-refractivity contribution in [1.82, 2.24) is 15.5 Å². The first kappa shape index (κ1) is 23.8. The Hall–Kier alpha value is -2.86. The summed E-state index contributed by atoms with van der Waals surface area (Å²) in [5.74, 6) is -0.662. The molecule has 0 radical (unpaired) electrons. The Bertz CT molecular complexity index is 942. The van der Waals surface area contributed by atoms with E-state index in [-0.39, 0.29) is 29.7 Å². The molecule has 2 unspecified atom stereocenters. The molecule has 0 bridgehead atoms. The second-order valence-corrected chi connectivity index (χ2v) is 8.65. The summed E-state index contributed by atoms with van der Waals surface area (Å²) in [6.07, 6.45) is 2.04. The second-order valence-electron chi connectivity index (χ2n) is 8.24. The minimum absolute atomic E-state index is 0.00182. The molecule has 7 heteroatoms. The van der Waals surface area contributed by atoms with Crippen molar-refractivity contribution < 1.29 is 14.4 Å². The van der Waals surface area contributed by atoms with Gasteiger partial charge in [0.25, 0.3) is 11.8 Å². The van der Waals surface area contributed by atoms with Crippen LogP contribution in [0.2, 0.25) is 5.02 Å². The minimum atomic E-state index is -0.693. The molecule has 3 amide bonds. The average molecular weight is 456 g/mol. The van der Waals surface area contributed by atoms with Gasteiger partial charge in [-0.25, -0.2) is 0 Å². The zero-order chi connectivity index (χ0) is 23.1. The van der Waals surface area contributed by atoms with E-state index in [0.717, 1.165) is 6.42 Å². The van der Waals surface area contributed by atoms with Gasteiger partial charge in [-0.05, 0) is 56.4 Å². The number of carbonyl (C=O) groups excluding carboxylic acids is 3. The van der Waals surface area contributed by atoms with Gasteiger partial charge in [-0.2, -0.15) is 0 Å². The number of benzene rings is 2. The van der Waals surface area contributed by atoms with Crippen LogP contribution in [-0.4, -0.2) is 47.8 Å². The van der Waals surface area contributed by atoms with Crippen LogP contribution in [0.15, 0.2) is 54.6 Å². The maximum atomic E-state index is 13.1. The maximum Gasteiger partial charge on any atom is 0.253 e. The van der Waals surface area contributed by atoms with Gasteiger partial charge in [-0.15, -0.1) is 0 Å². The number of piperidine rings is 1. The zero-order valence-corrected chi connectivity index (χ0v) is 19.3. The van der Waals surface area contributed by atoms with E-state index in [9.17, 15) is 14.4 Å². The Kier molecular flexibility index (Phi) is 8.28. The van der Waals surface area contributed by atoms with Crippen LogP contribution in [0.25, 0.3) is 0 Å². The number of carbonyl (C=O) groups is 3. The van der Waals surface area contributed by atoms with Crippen LogP contribution >= 0.6 is 11.6 Å². The van der Waals surface area contributed by atoms with E-state index >= 15 is 0 Å². The molecule has 170 valence electrons. The number of nitrogens with zero attached hydrogens (tertiary/aromatic N) is 1. The van der Waals surface area contributed by atoms with E-state index in [1.54, 1.807) is 36.4 Å². The van der Waals surface area contributed by atoms with Gasteiger partial charge >= 0.3 is 0 Å². The van der Waals surface area contributed by atoms with Crippen LogP contribution in [0, 0.1) is 5.92 Å². The lowest BCUT2D eigenvalue weighted by atomic mass is 9.88. The summed E-state index contributed by atoms with van der Waals surface area (Å²) >= 11 is 6.18. The normalized spacial score (nSPS) is 16.2. The summed E-state index contributed by atoms with van der Waals surface area (Å²) in [5, 5.41) is 6.24. The highest BCUT2D eigenvalue weighted by Crippen LogP contribution is 2.24. The van der Waals surface area contributed by atoms with Gasteiger partial charge in [0, 0.05) is 24.7 Å². The third-order valence-corrected chi connectivity index (χ3v) is 6.34. The van der Waals surface area contributed by atoms with E-state index in [0.29, 0.717) is 42.1 Å². The predicted molar refractivity (Wildman–Crippen MR) is 126 cm³/mol. The lowest BCUT2D eigenvalue weighted by Crippen LogP contribution is -2.55. The van der Waals surface area contributed by atoms with E-state index in [1.807, 2.05) is 36.9 Å². The van der Waals surface area contributed by atoms with Gasteiger partial charge in [0.2, 0.25) is 5.91 Å². The molecule has 0 spiro atoms. The van der Waals surface area contributed by atoms with Crippen molar-refractivity contribution >= 4 is 29.3 Å². The summed E-state index contributed by atoms with van der Waals surface area (Å²) in [6.45, 7) is 5.00. The fourth-order valence-corrected chi connectivity index (χ4v) is 4.12. The van der Waals surface area contributed by atoms with Crippen molar-refractivity contribution in [3.63, 3.8) is 0 Å². The van der Waals surface area contributed by atoms with E-state index in [2.05, 4.69) is 10.6 Å². The maximum absolute atomic E-state index is 13.1. The van der Waals surface area contributed by atoms with Gasteiger partial charge in [0.15, 0.2) is 0 Å². The van der Waals surface area contributed by atoms with Crippen LogP contribution in [-0.2, 0) is 4.79 Å². The Morgan fingerprint density at radius 1 is 1.00 bits per heavy atom. The van der Waals surface area contributed by atoms with E-state index in [4.69, 9.17) is 11.6 Å². The Labute approximate surface area is 194 Å². The summed E-state index contributed by atoms with van der Waals surface area (Å²) in [4.78, 5) is 40.5. The average Bonchev–Trinajstić information content (AvgIpc) is 2.82. The van der Waals surface area contributed by atoms with Crippen LogP contribution in [0.5, 0.6) is 0 Å². The smallest absolute Gasteiger partial charge is 0.253 e.